The largest absolute Gasteiger partial charge is 0.284 e. The summed E-state index contributed by atoms with van der Waals surface area (Å²) in [6.45, 7) is 0. The number of hydrogen-bond donors (Lipinski definition) is 1. The summed E-state index contributed by atoms with van der Waals surface area (Å²) in [5.41, 5.74) is 2.90. The van der Waals surface area contributed by atoms with Crippen LogP contribution >= 0.6 is 0 Å². The highest BCUT2D eigenvalue weighted by Crippen LogP contribution is 2.05. The Morgan fingerprint density at radius 1 is 1.25 bits per heavy atom. The molecule has 0 aliphatic heterocycles. The van der Waals surface area contributed by atoms with Crippen molar-refractivity contribution in [2.24, 2.45) is 0 Å². The standard InChI is InChI=1S/C7H9NO3S/c1-12(9,10)11-8-7-5-3-2-4-6-7/h2-6,8H,1H3. The van der Waals surface area contributed by atoms with Crippen molar-refractivity contribution in [3.05, 3.63) is 30.3 Å². The molecule has 0 radical (unpaired) electrons. The van der Waals surface area contributed by atoms with Crippen LogP contribution in [0.25, 0.3) is 0 Å². The van der Waals surface area contributed by atoms with Gasteiger partial charge in [-0.3, -0.25) is 0 Å². The van der Waals surface area contributed by atoms with E-state index in [4.69, 9.17) is 0 Å². The topological polar surface area (TPSA) is 55.4 Å². The Kier molecular flexibility index (Phi) is 2.67. The number of para-hydroxylation sites is 1. The minimum Gasteiger partial charge on any atom is -0.249 e. The van der Waals surface area contributed by atoms with E-state index in [1.54, 1.807) is 24.3 Å². The maximum Gasteiger partial charge on any atom is 0.284 e. The molecule has 0 spiro atoms. The molecule has 12 heavy (non-hydrogen) atoms. The highest BCUT2D eigenvalue weighted by molar-refractivity contribution is 7.86. The second kappa shape index (κ2) is 3.55. The van der Waals surface area contributed by atoms with E-state index < -0.39 is 10.1 Å². The Morgan fingerprint density at radius 2 is 1.83 bits per heavy atom. The minimum atomic E-state index is -3.43. The summed E-state index contributed by atoms with van der Waals surface area (Å²) in [6.07, 6.45) is 0.975. The first kappa shape index (κ1) is 9.02. The Morgan fingerprint density at radius 3 is 2.33 bits per heavy atom. The third-order valence-corrected chi connectivity index (χ3v) is 1.47. The molecular formula is C7H9NO3S. The van der Waals surface area contributed by atoms with E-state index in [-0.39, 0.29) is 0 Å². The summed E-state index contributed by atoms with van der Waals surface area (Å²) in [5, 5.41) is 0. The lowest BCUT2D eigenvalue weighted by Crippen LogP contribution is -2.08. The van der Waals surface area contributed by atoms with E-state index >= 15 is 0 Å². The zero-order chi connectivity index (χ0) is 9.03. The molecule has 1 aromatic rings. The summed E-state index contributed by atoms with van der Waals surface area (Å²) in [6, 6.07) is 8.77. The molecule has 0 amide bonds. The maximum absolute atomic E-state index is 10.5. The maximum atomic E-state index is 10.5. The molecule has 1 rings (SSSR count). The van der Waals surface area contributed by atoms with Crippen LogP contribution in [0.15, 0.2) is 30.3 Å². The lowest BCUT2D eigenvalue weighted by Gasteiger charge is -2.02. The quantitative estimate of drug-likeness (QED) is 0.717. The van der Waals surface area contributed by atoms with Gasteiger partial charge in [-0.1, -0.05) is 18.2 Å². The molecule has 0 saturated carbocycles. The molecule has 0 atom stereocenters. The van der Waals surface area contributed by atoms with E-state index in [0.29, 0.717) is 5.69 Å². The third-order valence-electron chi connectivity index (χ3n) is 1.08. The predicted molar refractivity (Wildman–Crippen MR) is 46.0 cm³/mol. The number of hydrogen-bond acceptors (Lipinski definition) is 4. The van der Waals surface area contributed by atoms with Gasteiger partial charge in [0.25, 0.3) is 10.1 Å². The van der Waals surface area contributed by atoms with Crippen LogP contribution in [-0.2, 0) is 14.4 Å². The van der Waals surface area contributed by atoms with Gasteiger partial charge in [-0.05, 0) is 12.1 Å². The van der Waals surface area contributed by atoms with Crippen molar-refractivity contribution in [3.63, 3.8) is 0 Å². The van der Waals surface area contributed by atoms with Gasteiger partial charge in [0.15, 0.2) is 0 Å². The van der Waals surface area contributed by atoms with Gasteiger partial charge in [0, 0.05) is 0 Å². The van der Waals surface area contributed by atoms with Gasteiger partial charge in [0.05, 0.1) is 11.9 Å². The average Bonchev–Trinajstić information content (AvgIpc) is 2.02. The van der Waals surface area contributed by atoms with Gasteiger partial charge in [-0.15, -0.1) is 0 Å². The van der Waals surface area contributed by atoms with Gasteiger partial charge in [0.2, 0.25) is 0 Å². The molecule has 0 aromatic heterocycles. The van der Waals surface area contributed by atoms with Gasteiger partial charge >= 0.3 is 0 Å². The first-order valence-electron chi connectivity index (χ1n) is 3.27. The van der Waals surface area contributed by atoms with Gasteiger partial charge in [0.1, 0.15) is 0 Å². The van der Waals surface area contributed by atoms with Gasteiger partial charge in [-0.2, -0.15) is 12.7 Å². The van der Waals surface area contributed by atoms with E-state index in [0.717, 1.165) is 6.26 Å². The summed E-state index contributed by atoms with van der Waals surface area (Å²) in [7, 11) is -3.43. The number of anilines is 1. The van der Waals surface area contributed by atoms with Crippen molar-refractivity contribution in [2.45, 2.75) is 0 Å². The minimum absolute atomic E-state index is 0.600. The Labute approximate surface area is 71.2 Å². The Balaban J connectivity index is 2.56. The fourth-order valence-corrected chi connectivity index (χ4v) is 0.878. The molecule has 66 valence electrons. The van der Waals surface area contributed by atoms with Crippen LogP contribution in [0.3, 0.4) is 0 Å². The molecular weight excluding hydrogens is 178 g/mol. The van der Waals surface area contributed by atoms with Crippen molar-refractivity contribution < 1.29 is 12.7 Å². The van der Waals surface area contributed by atoms with E-state index in [1.165, 1.54) is 0 Å². The zero-order valence-electron chi connectivity index (χ0n) is 6.52. The van der Waals surface area contributed by atoms with Crippen LogP contribution in [0.5, 0.6) is 0 Å². The summed E-state index contributed by atoms with van der Waals surface area (Å²) in [4.78, 5) is 0. The van der Waals surface area contributed by atoms with E-state index in [9.17, 15) is 8.42 Å². The van der Waals surface area contributed by atoms with Crippen molar-refractivity contribution in [3.8, 4) is 0 Å². The average molecular weight is 187 g/mol. The van der Waals surface area contributed by atoms with Crippen LogP contribution in [0.4, 0.5) is 5.69 Å². The third kappa shape index (κ3) is 3.36. The van der Waals surface area contributed by atoms with Crippen molar-refractivity contribution >= 4 is 15.8 Å². The fraction of sp³-hybridized carbons (Fsp3) is 0.143. The molecule has 1 N–H and O–H groups in total. The summed E-state index contributed by atoms with van der Waals surface area (Å²) in [5.74, 6) is 0. The summed E-state index contributed by atoms with van der Waals surface area (Å²) < 4.78 is 25.4. The van der Waals surface area contributed by atoms with Crippen LogP contribution in [0, 0.1) is 0 Å². The molecule has 0 unspecified atom stereocenters. The Hall–Kier alpha value is -1.07. The number of rotatable bonds is 3. The summed E-state index contributed by atoms with van der Waals surface area (Å²) >= 11 is 0. The lowest BCUT2D eigenvalue weighted by molar-refractivity contribution is 0.396. The SMILES string of the molecule is CS(=O)(=O)ONc1ccccc1. The van der Waals surface area contributed by atoms with Crippen molar-refractivity contribution in [1.29, 1.82) is 0 Å². The molecule has 0 heterocycles. The fourth-order valence-electron chi connectivity index (χ4n) is 0.630. The molecule has 5 heteroatoms. The molecule has 0 aliphatic carbocycles. The first-order chi connectivity index (χ1) is 5.58. The smallest absolute Gasteiger partial charge is 0.249 e. The molecule has 0 fully saturated rings. The van der Waals surface area contributed by atoms with Crippen LogP contribution in [-0.4, -0.2) is 14.7 Å². The second-order valence-electron chi connectivity index (χ2n) is 2.26. The molecule has 0 aliphatic rings. The molecule has 1 aromatic carbocycles. The van der Waals surface area contributed by atoms with Gasteiger partial charge < -0.3 is 0 Å². The number of benzene rings is 1. The van der Waals surface area contributed by atoms with E-state index in [1.807, 2.05) is 6.07 Å². The normalized spacial score (nSPS) is 11.1. The highest BCUT2D eigenvalue weighted by Gasteiger charge is 2.00. The second-order valence-corrected chi connectivity index (χ2v) is 3.83. The monoisotopic (exact) mass is 187 g/mol. The zero-order valence-corrected chi connectivity index (χ0v) is 7.34. The predicted octanol–water partition coefficient (Wildman–Crippen LogP) is 0.990. The highest BCUT2D eigenvalue weighted by atomic mass is 32.2. The van der Waals surface area contributed by atoms with Crippen LogP contribution < -0.4 is 5.48 Å². The first-order valence-corrected chi connectivity index (χ1v) is 5.09. The van der Waals surface area contributed by atoms with Crippen molar-refractivity contribution in [2.75, 3.05) is 11.7 Å². The number of nitrogens with one attached hydrogen (secondary N) is 1. The Bertz CT molecular complexity index is 333. The van der Waals surface area contributed by atoms with Crippen LogP contribution in [0.2, 0.25) is 0 Å². The molecule has 4 nitrogen and oxygen atoms in total. The van der Waals surface area contributed by atoms with Crippen molar-refractivity contribution in [1.82, 2.24) is 0 Å². The van der Waals surface area contributed by atoms with E-state index in [2.05, 4.69) is 9.76 Å². The van der Waals surface area contributed by atoms with Crippen LogP contribution in [0.1, 0.15) is 0 Å². The lowest BCUT2D eigenvalue weighted by atomic mass is 10.3. The van der Waals surface area contributed by atoms with Gasteiger partial charge in [-0.25, -0.2) is 5.48 Å². The molecule has 0 bridgehead atoms. The molecule has 0 saturated heterocycles.